The molecule has 1 aromatic heterocycles. The molecule has 1 saturated heterocycles. The molecule has 5 heteroatoms. The van der Waals surface area contributed by atoms with E-state index < -0.39 is 0 Å². The minimum absolute atomic E-state index is 0.127. The molecule has 35 heavy (non-hydrogen) atoms. The van der Waals surface area contributed by atoms with Crippen LogP contribution < -0.4 is 4.90 Å². The lowest BCUT2D eigenvalue weighted by Gasteiger charge is -2.28. The van der Waals surface area contributed by atoms with Crippen molar-refractivity contribution in [2.75, 3.05) is 31.2 Å². The lowest BCUT2D eigenvalue weighted by atomic mass is 10.0. The predicted octanol–water partition coefficient (Wildman–Crippen LogP) is 5.30. The summed E-state index contributed by atoms with van der Waals surface area (Å²) in [6.45, 7) is 5.46. The molecule has 1 fully saturated rings. The molecule has 0 amide bonds. The van der Waals surface area contributed by atoms with E-state index in [4.69, 9.17) is 9.72 Å². The molecule has 176 valence electrons. The number of carbonyl (C=O) groups excluding carboxylic acids is 1. The predicted molar refractivity (Wildman–Crippen MR) is 139 cm³/mol. The highest BCUT2D eigenvalue weighted by molar-refractivity contribution is 5.97. The highest BCUT2D eigenvalue weighted by atomic mass is 16.5. The molecule has 0 spiro atoms. The van der Waals surface area contributed by atoms with E-state index in [1.54, 1.807) is 0 Å². The van der Waals surface area contributed by atoms with Crippen LogP contribution >= 0.6 is 0 Å². The Morgan fingerprint density at radius 2 is 1.54 bits per heavy atom. The SMILES string of the molecule is Cc1ccc(C(=O)Cc2ccc(-c3ccnc(Cc4ccc(N5CCOCC5)cc4)n3)cc2)cc1. The van der Waals surface area contributed by atoms with Gasteiger partial charge in [0.25, 0.3) is 0 Å². The fraction of sp³-hybridized carbons (Fsp3) is 0.233. The Morgan fingerprint density at radius 3 is 2.26 bits per heavy atom. The quantitative estimate of drug-likeness (QED) is 0.348. The monoisotopic (exact) mass is 463 g/mol. The maximum Gasteiger partial charge on any atom is 0.167 e. The van der Waals surface area contributed by atoms with Gasteiger partial charge in [-0.2, -0.15) is 0 Å². The van der Waals surface area contributed by atoms with Gasteiger partial charge in [0.2, 0.25) is 0 Å². The number of benzene rings is 3. The van der Waals surface area contributed by atoms with Crippen LogP contribution in [0.25, 0.3) is 11.3 Å². The van der Waals surface area contributed by atoms with E-state index >= 15 is 0 Å². The summed E-state index contributed by atoms with van der Waals surface area (Å²) in [7, 11) is 0. The normalized spacial score (nSPS) is 13.6. The van der Waals surface area contributed by atoms with Gasteiger partial charge in [-0.05, 0) is 36.2 Å². The number of aryl methyl sites for hydroxylation is 1. The van der Waals surface area contributed by atoms with Crippen LogP contribution in [0.2, 0.25) is 0 Å². The molecule has 0 unspecified atom stereocenters. The number of nitrogens with zero attached hydrogens (tertiary/aromatic N) is 3. The van der Waals surface area contributed by atoms with Crippen LogP contribution in [-0.4, -0.2) is 42.1 Å². The average Bonchev–Trinajstić information content (AvgIpc) is 2.91. The summed E-state index contributed by atoms with van der Waals surface area (Å²) in [5.74, 6) is 0.918. The number of hydrogen-bond donors (Lipinski definition) is 0. The smallest absolute Gasteiger partial charge is 0.167 e. The first-order chi connectivity index (χ1) is 17.1. The molecule has 1 aliphatic heterocycles. The molecule has 0 aliphatic carbocycles. The van der Waals surface area contributed by atoms with Gasteiger partial charge in [0, 0.05) is 48.9 Å². The second-order valence-corrected chi connectivity index (χ2v) is 8.96. The van der Waals surface area contributed by atoms with Crippen LogP contribution in [-0.2, 0) is 17.6 Å². The van der Waals surface area contributed by atoms with E-state index in [9.17, 15) is 4.79 Å². The van der Waals surface area contributed by atoms with Gasteiger partial charge in [-0.15, -0.1) is 0 Å². The number of Topliss-reactive ketones (excluding diaryl/α,β-unsaturated/α-hetero) is 1. The number of rotatable bonds is 7. The second-order valence-electron chi connectivity index (χ2n) is 8.96. The minimum Gasteiger partial charge on any atom is -0.378 e. The third kappa shape index (κ3) is 5.81. The summed E-state index contributed by atoms with van der Waals surface area (Å²) >= 11 is 0. The largest absolute Gasteiger partial charge is 0.378 e. The van der Waals surface area contributed by atoms with Crippen LogP contribution in [0, 0.1) is 6.92 Å². The number of carbonyl (C=O) groups is 1. The van der Waals surface area contributed by atoms with Crippen molar-refractivity contribution in [1.82, 2.24) is 9.97 Å². The summed E-state index contributed by atoms with van der Waals surface area (Å²) in [5.41, 5.74) is 7.21. The number of ether oxygens (including phenoxy) is 1. The highest BCUT2D eigenvalue weighted by Crippen LogP contribution is 2.21. The summed E-state index contributed by atoms with van der Waals surface area (Å²) in [6, 6.07) is 26.4. The Labute approximate surface area is 206 Å². The Balaban J connectivity index is 1.23. The van der Waals surface area contributed by atoms with Crippen molar-refractivity contribution < 1.29 is 9.53 Å². The first-order valence-corrected chi connectivity index (χ1v) is 12.1. The first-order valence-electron chi connectivity index (χ1n) is 12.1. The molecule has 0 atom stereocenters. The van der Waals surface area contributed by atoms with Gasteiger partial charge in [0.15, 0.2) is 5.78 Å². The Morgan fingerprint density at radius 1 is 0.857 bits per heavy atom. The molecule has 1 aliphatic rings. The van der Waals surface area contributed by atoms with Crippen LogP contribution in [0.1, 0.15) is 32.9 Å². The van der Waals surface area contributed by atoms with Crippen molar-refractivity contribution in [2.24, 2.45) is 0 Å². The van der Waals surface area contributed by atoms with Crippen LogP contribution in [0.5, 0.6) is 0 Å². The Bertz CT molecular complexity index is 1280. The average molecular weight is 464 g/mol. The maximum atomic E-state index is 12.6. The van der Waals surface area contributed by atoms with E-state index in [1.807, 2.05) is 67.7 Å². The van der Waals surface area contributed by atoms with E-state index in [1.165, 1.54) is 11.3 Å². The lowest BCUT2D eigenvalue weighted by Crippen LogP contribution is -2.36. The molecule has 5 nitrogen and oxygen atoms in total. The standard InChI is InChI=1S/C30H29N3O2/c1-22-2-8-26(9-3-22)29(34)20-23-4-10-25(11-5-23)28-14-15-31-30(32-28)21-24-6-12-27(13-7-24)33-16-18-35-19-17-33/h2-15H,16-21H2,1H3. The second kappa shape index (κ2) is 10.6. The zero-order chi connectivity index (χ0) is 24.0. The van der Waals surface area contributed by atoms with Gasteiger partial charge in [0.1, 0.15) is 5.82 Å². The number of morpholine rings is 1. The molecule has 5 rings (SSSR count). The molecule has 0 bridgehead atoms. The summed E-state index contributed by atoms with van der Waals surface area (Å²) < 4.78 is 5.44. The van der Waals surface area contributed by atoms with E-state index in [-0.39, 0.29) is 5.78 Å². The van der Waals surface area contributed by atoms with Crippen molar-refractivity contribution in [1.29, 1.82) is 0 Å². The zero-order valence-electron chi connectivity index (χ0n) is 20.0. The summed E-state index contributed by atoms with van der Waals surface area (Å²) in [4.78, 5) is 24.2. The number of anilines is 1. The number of hydrogen-bond acceptors (Lipinski definition) is 5. The fourth-order valence-electron chi connectivity index (χ4n) is 4.29. The van der Waals surface area contributed by atoms with E-state index in [0.29, 0.717) is 12.8 Å². The third-order valence-corrected chi connectivity index (χ3v) is 6.37. The lowest BCUT2D eigenvalue weighted by molar-refractivity contribution is 0.0993. The molecule has 2 heterocycles. The van der Waals surface area contributed by atoms with Gasteiger partial charge in [-0.1, -0.05) is 66.2 Å². The third-order valence-electron chi connectivity index (χ3n) is 6.37. The van der Waals surface area contributed by atoms with Crippen LogP contribution in [0.4, 0.5) is 5.69 Å². The molecule has 0 radical (unpaired) electrons. The van der Waals surface area contributed by atoms with Gasteiger partial charge in [-0.25, -0.2) is 9.97 Å². The molecule has 0 N–H and O–H groups in total. The van der Waals surface area contributed by atoms with Crippen molar-refractivity contribution in [2.45, 2.75) is 19.8 Å². The zero-order valence-corrected chi connectivity index (χ0v) is 20.0. The Hall–Kier alpha value is -3.83. The van der Waals surface area contributed by atoms with Gasteiger partial charge in [-0.3, -0.25) is 4.79 Å². The molecule has 0 saturated carbocycles. The van der Waals surface area contributed by atoms with Crippen molar-refractivity contribution in [3.63, 3.8) is 0 Å². The Kier molecular flexibility index (Phi) is 6.96. The summed E-state index contributed by atoms with van der Waals surface area (Å²) in [6.07, 6.45) is 2.88. The fourth-order valence-corrected chi connectivity index (χ4v) is 4.29. The van der Waals surface area contributed by atoms with Crippen molar-refractivity contribution in [3.8, 4) is 11.3 Å². The minimum atomic E-state index is 0.127. The summed E-state index contributed by atoms with van der Waals surface area (Å²) in [5, 5.41) is 0. The van der Waals surface area contributed by atoms with Gasteiger partial charge in [0.05, 0.1) is 18.9 Å². The van der Waals surface area contributed by atoms with E-state index in [2.05, 4.69) is 34.1 Å². The van der Waals surface area contributed by atoms with Crippen LogP contribution in [0.3, 0.4) is 0 Å². The van der Waals surface area contributed by atoms with Crippen molar-refractivity contribution >= 4 is 11.5 Å². The van der Waals surface area contributed by atoms with Crippen LogP contribution in [0.15, 0.2) is 85.1 Å². The molecule has 3 aromatic carbocycles. The topological polar surface area (TPSA) is 55.3 Å². The highest BCUT2D eigenvalue weighted by Gasteiger charge is 2.12. The first kappa shape index (κ1) is 22.9. The number of ketones is 1. The molecule has 4 aromatic rings. The van der Waals surface area contributed by atoms with Crippen molar-refractivity contribution in [3.05, 3.63) is 113 Å². The molecular formula is C30H29N3O2. The maximum absolute atomic E-state index is 12.6. The van der Waals surface area contributed by atoms with Gasteiger partial charge >= 0.3 is 0 Å². The van der Waals surface area contributed by atoms with E-state index in [0.717, 1.165) is 60.1 Å². The molecular weight excluding hydrogens is 434 g/mol. The van der Waals surface area contributed by atoms with Gasteiger partial charge < -0.3 is 9.64 Å². The number of aromatic nitrogens is 2.